The second kappa shape index (κ2) is 13.1. The van der Waals surface area contributed by atoms with E-state index in [1.807, 2.05) is 44.2 Å². The zero-order chi connectivity index (χ0) is 28.0. The third kappa shape index (κ3) is 7.70. The van der Waals surface area contributed by atoms with Gasteiger partial charge in [0.1, 0.15) is 18.6 Å². The van der Waals surface area contributed by atoms with Gasteiger partial charge in [0.2, 0.25) is 10.0 Å². The molecule has 1 saturated carbocycles. The molecule has 1 aliphatic heterocycles. The number of aliphatic hydroxyl groups excluding tert-OH is 1. The van der Waals surface area contributed by atoms with Gasteiger partial charge in [0, 0.05) is 25.9 Å². The number of ether oxygens (including phenoxy) is 4. The number of nitrogens with one attached hydrogen (secondary N) is 1. The SMILES string of the molecule is COc1ccc(S(=O)(=O)N(CC(C)C)CC(O)C(Cc2ccccc2)NC(=O)OC2CC3OCOC3C2)cc1. The molecular formula is C28H38N2O8S. The minimum Gasteiger partial charge on any atom is -0.497 e. The first-order chi connectivity index (χ1) is 18.7. The van der Waals surface area contributed by atoms with E-state index >= 15 is 0 Å². The molecule has 10 nitrogen and oxygen atoms in total. The van der Waals surface area contributed by atoms with E-state index in [2.05, 4.69) is 5.32 Å². The van der Waals surface area contributed by atoms with Crippen LogP contribution >= 0.6 is 0 Å². The van der Waals surface area contributed by atoms with Gasteiger partial charge >= 0.3 is 6.09 Å². The Morgan fingerprint density at radius 2 is 1.69 bits per heavy atom. The van der Waals surface area contributed by atoms with Crippen molar-refractivity contribution in [1.29, 1.82) is 0 Å². The number of amides is 1. The predicted molar refractivity (Wildman–Crippen MR) is 144 cm³/mol. The van der Waals surface area contributed by atoms with Gasteiger partial charge in [-0.05, 0) is 42.2 Å². The van der Waals surface area contributed by atoms with E-state index in [0.717, 1.165) is 5.56 Å². The van der Waals surface area contributed by atoms with E-state index in [1.165, 1.54) is 23.5 Å². The molecule has 4 atom stereocenters. The molecule has 39 heavy (non-hydrogen) atoms. The second-order valence-corrected chi connectivity index (χ2v) is 12.4. The van der Waals surface area contributed by atoms with Gasteiger partial charge in [-0.1, -0.05) is 44.2 Å². The van der Waals surface area contributed by atoms with E-state index in [1.54, 1.807) is 12.1 Å². The summed E-state index contributed by atoms with van der Waals surface area (Å²) >= 11 is 0. The molecule has 0 aromatic heterocycles. The minimum atomic E-state index is -3.93. The maximum atomic E-state index is 13.6. The summed E-state index contributed by atoms with van der Waals surface area (Å²) in [5.74, 6) is 0.543. The number of rotatable bonds is 12. The summed E-state index contributed by atoms with van der Waals surface area (Å²) in [5.41, 5.74) is 0.882. The number of benzene rings is 2. The van der Waals surface area contributed by atoms with Crippen LogP contribution in [0.15, 0.2) is 59.5 Å². The van der Waals surface area contributed by atoms with E-state index in [9.17, 15) is 18.3 Å². The third-order valence-electron chi connectivity index (χ3n) is 6.97. The standard InChI is InChI=1S/C28H38N2O8S/c1-19(2)16-30(39(33,34)23-11-9-21(35-3)10-12-23)17-25(31)24(13-20-7-5-4-6-8-20)29-28(32)38-22-14-26-27(15-22)37-18-36-26/h4-12,19,22,24-27,31H,13-18H2,1-3H3,(H,29,32). The predicted octanol–water partition coefficient (Wildman–Crippen LogP) is 2.94. The van der Waals surface area contributed by atoms with Crippen molar-refractivity contribution in [2.45, 2.75) is 68.5 Å². The number of alkyl carbamates (subject to hydrolysis) is 1. The van der Waals surface area contributed by atoms with E-state index in [4.69, 9.17) is 18.9 Å². The van der Waals surface area contributed by atoms with Crippen molar-refractivity contribution < 1.29 is 37.3 Å². The fourth-order valence-electron chi connectivity index (χ4n) is 4.98. The molecule has 1 saturated heterocycles. The monoisotopic (exact) mass is 562 g/mol. The number of hydrogen-bond donors (Lipinski definition) is 2. The normalized spacial score (nSPS) is 22.5. The van der Waals surface area contributed by atoms with E-state index < -0.39 is 28.3 Å². The van der Waals surface area contributed by atoms with Gasteiger partial charge in [-0.3, -0.25) is 0 Å². The lowest BCUT2D eigenvalue weighted by molar-refractivity contribution is 0.00201. The molecule has 11 heteroatoms. The zero-order valence-electron chi connectivity index (χ0n) is 22.6. The van der Waals surface area contributed by atoms with Crippen LogP contribution in [0.25, 0.3) is 0 Å². The van der Waals surface area contributed by atoms with Crippen LogP contribution in [-0.2, 0) is 30.7 Å². The lowest BCUT2D eigenvalue weighted by Gasteiger charge is -2.31. The number of carbonyl (C=O) groups is 1. The number of fused-ring (bicyclic) bond motifs is 1. The van der Waals surface area contributed by atoms with Gasteiger partial charge in [-0.2, -0.15) is 4.31 Å². The van der Waals surface area contributed by atoms with Crippen LogP contribution in [0, 0.1) is 5.92 Å². The average Bonchev–Trinajstić information content (AvgIpc) is 3.50. The highest BCUT2D eigenvalue weighted by atomic mass is 32.2. The molecule has 1 heterocycles. The molecule has 1 amide bonds. The number of aliphatic hydroxyl groups is 1. The van der Waals surface area contributed by atoms with Crippen molar-refractivity contribution in [2.24, 2.45) is 5.92 Å². The maximum Gasteiger partial charge on any atom is 0.407 e. The van der Waals surface area contributed by atoms with Crippen LogP contribution < -0.4 is 10.1 Å². The second-order valence-electron chi connectivity index (χ2n) is 10.4. The molecule has 2 N–H and O–H groups in total. The summed E-state index contributed by atoms with van der Waals surface area (Å²) in [4.78, 5) is 13.0. The highest BCUT2D eigenvalue weighted by molar-refractivity contribution is 7.89. The molecule has 0 bridgehead atoms. The number of hydrogen-bond acceptors (Lipinski definition) is 8. The topological polar surface area (TPSA) is 124 Å². The molecule has 2 aromatic rings. The summed E-state index contributed by atoms with van der Waals surface area (Å²) in [6.07, 6.45) is -1.02. The van der Waals surface area contributed by atoms with Crippen LogP contribution in [0.1, 0.15) is 32.3 Å². The Labute approximate surface area is 230 Å². The van der Waals surface area contributed by atoms with Crippen LogP contribution in [0.2, 0.25) is 0 Å². The third-order valence-corrected chi connectivity index (χ3v) is 8.81. The molecule has 0 radical (unpaired) electrons. The van der Waals surface area contributed by atoms with Gasteiger partial charge in [0.25, 0.3) is 0 Å². The van der Waals surface area contributed by atoms with Crippen LogP contribution in [0.3, 0.4) is 0 Å². The van der Waals surface area contributed by atoms with Crippen molar-refractivity contribution in [2.75, 3.05) is 27.0 Å². The largest absolute Gasteiger partial charge is 0.497 e. The van der Waals surface area contributed by atoms with Crippen LogP contribution in [0.4, 0.5) is 4.79 Å². The molecule has 4 rings (SSSR count). The lowest BCUT2D eigenvalue weighted by Crippen LogP contribution is -2.51. The van der Waals surface area contributed by atoms with Crippen molar-refractivity contribution in [1.82, 2.24) is 9.62 Å². The van der Waals surface area contributed by atoms with E-state index in [0.29, 0.717) is 18.6 Å². The molecule has 2 fully saturated rings. The first-order valence-electron chi connectivity index (χ1n) is 13.2. The van der Waals surface area contributed by atoms with Crippen LogP contribution in [0.5, 0.6) is 5.75 Å². The molecule has 0 spiro atoms. The summed E-state index contributed by atoms with van der Waals surface area (Å²) in [6, 6.07) is 14.7. The lowest BCUT2D eigenvalue weighted by atomic mass is 10.0. The zero-order valence-corrected chi connectivity index (χ0v) is 23.4. The fourth-order valence-corrected chi connectivity index (χ4v) is 6.60. The number of methoxy groups -OCH3 is 1. The van der Waals surface area contributed by atoms with E-state index in [-0.39, 0.29) is 55.4 Å². The Kier molecular flexibility index (Phi) is 9.84. The molecule has 2 aromatic carbocycles. The first kappa shape index (κ1) is 29.3. The highest BCUT2D eigenvalue weighted by Gasteiger charge is 2.42. The number of sulfonamides is 1. The van der Waals surface area contributed by atoms with Gasteiger partial charge < -0.3 is 29.4 Å². The molecule has 4 unspecified atom stereocenters. The summed E-state index contributed by atoms with van der Waals surface area (Å²) < 4.78 is 50.2. The van der Waals surface area contributed by atoms with Crippen molar-refractivity contribution >= 4 is 16.1 Å². The Morgan fingerprint density at radius 3 is 2.28 bits per heavy atom. The van der Waals surface area contributed by atoms with Crippen molar-refractivity contribution in [3.8, 4) is 5.75 Å². The highest BCUT2D eigenvalue weighted by Crippen LogP contribution is 2.31. The quantitative estimate of drug-likeness (QED) is 0.405. The average molecular weight is 563 g/mol. The smallest absolute Gasteiger partial charge is 0.407 e. The molecule has 1 aliphatic carbocycles. The number of carbonyl (C=O) groups excluding carboxylic acids is 1. The number of nitrogens with zero attached hydrogens (tertiary/aromatic N) is 1. The fraction of sp³-hybridized carbons (Fsp3) is 0.536. The van der Waals surface area contributed by atoms with Gasteiger partial charge in [0.15, 0.2) is 0 Å². The van der Waals surface area contributed by atoms with Gasteiger partial charge in [-0.25, -0.2) is 13.2 Å². The molecule has 214 valence electrons. The summed E-state index contributed by atoms with van der Waals surface area (Å²) in [5, 5.41) is 14.1. The minimum absolute atomic E-state index is 0.00183. The Balaban J connectivity index is 1.49. The van der Waals surface area contributed by atoms with Gasteiger partial charge in [-0.15, -0.1) is 0 Å². The Morgan fingerprint density at radius 1 is 1.05 bits per heavy atom. The van der Waals surface area contributed by atoms with Crippen molar-refractivity contribution in [3.05, 3.63) is 60.2 Å². The maximum absolute atomic E-state index is 13.6. The summed E-state index contributed by atoms with van der Waals surface area (Å²) in [6.45, 7) is 4.05. The summed E-state index contributed by atoms with van der Waals surface area (Å²) in [7, 11) is -2.42. The Hall–Kier alpha value is -2.70. The molecular weight excluding hydrogens is 524 g/mol. The Bertz CT molecular complexity index is 1160. The van der Waals surface area contributed by atoms with Gasteiger partial charge in [0.05, 0.1) is 36.4 Å². The van der Waals surface area contributed by atoms with Crippen LogP contribution in [-0.4, -0.2) is 81.4 Å². The van der Waals surface area contributed by atoms with Crippen molar-refractivity contribution in [3.63, 3.8) is 0 Å². The first-order valence-corrected chi connectivity index (χ1v) is 14.7. The molecule has 2 aliphatic rings.